The molecule has 0 bridgehead atoms. The summed E-state index contributed by atoms with van der Waals surface area (Å²) in [4.78, 5) is 35.8. The number of aliphatic hydroxyl groups excluding tert-OH is 1. The van der Waals surface area contributed by atoms with E-state index in [2.05, 4.69) is 30.7 Å². The monoisotopic (exact) mass is 542 g/mol. The lowest BCUT2D eigenvalue weighted by Gasteiger charge is -2.26. The Labute approximate surface area is 222 Å². The Morgan fingerprint density at radius 1 is 1.21 bits per heavy atom. The molecule has 13 heteroatoms. The second kappa shape index (κ2) is 13.3. The van der Waals surface area contributed by atoms with E-state index in [1.54, 1.807) is 32.6 Å². The molecule has 1 aliphatic carbocycles. The zero-order chi connectivity index (χ0) is 27.9. The molecule has 2 amide bonds. The molecule has 1 aliphatic heterocycles. The van der Waals surface area contributed by atoms with Crippen LogP contribution in [0.3, 0.4) is 0 Å². The van der Waals surface area contributed by atoms with Crippen molar-refractivity contribution in [3.63, 3.8) is 0 Å². The number of hydrogen-bond donors (Lipinski definition) is 4. The third-order valence-electron chi connectivity index (χ3n) is 6.43. The number of nitrogens with one attached hydrogen (secondary N) is 3. The highest BCUT2D eigenvalue weighted by atomic mass is 19.3. The Bertz CT molecular complexity index is 939. The molecule has 214 valence electrons. The average Bonchev–Trinajstić information content (AvgIpc) is 3.30. The molecule has 1 saturated carbocycles. The van der Waals surface area contributed by atoms with E-state index < -0.39 is 24.3 Å². The SMILES string of the molecule is C[C@@H](COC(F)F)Nc1ncc(C(=O)N[C@H]2CCN(C(=O)OC(C)(C)C)C2)c(NCC2CCC(O)CC2)n1. The Morgan fingerprint density at radius 3 is 2.58 bits per heavy atom. The van der Waals surface area contributed by atoms with Crippen molar-refractivity contribution in [2.75, 3.05) is 36.9 Å². The first-order valence-corrected chi connectivity index (χ1v) is 13.1. The van der Waals surface area contributed by atoms with E-state index in [4.69, 9.17) is 4.74 Å². The summed E-state index contributed by atoms with van der Waals surface area (Å²) in [6.45, 7) is 5.30. The van der Waals surface area contributed by atoms with Crippen molar-refractivity contribution >= 4 is 23.8 Å². The van der Waals surface area contributed by atoms with Crippen molar-refractivity contribution in [3.05, 3.63) is 11.8 Å². The smallest absolute Gasteiger partial charge is 0.410 e. The quantitative estimate of drug-likeness (QED) is 0.351. The van der Waals surface area contributed by atoms with Crippen molar-refractivity contribution in [1.82, 2.24) is 20.2 Å². The molecule has 2 atom stereocenters. The maximum atomic E-state index is 13.2. The minimum absolute atomic E-state index is 0.172. The minimum atomic E-state index is -2.88. The van der Waals surface area contributed by atoms with Gasteiger partial charge in [0.2, 0.25) is 5.95 Å². The van der Waals surface area contributed by atoms with Crippen LogP contribution in [0.2, 0.25) is 0 Å². The maximum absolute atomic E-state index is 13.2. The number of likely N-dealkylation sites (tertiary alicyclic amines) is 1. The first kappa shape index (κ1) is 29.8. The normalized spacial score (nSPS) is 22.7. The molecule has 1 saturated heterocycles. The molecular weight excluding hydrogens is 502 g/mol. The van der Waals surface area contributed by atoms with Gasteiger partial charge in [0.05, 0.1) is 12.7 Å². The van der Waals surface area contributed by atoms with Gasteiger partial charge in [-0.15, -0.1) is 0 Å². The van der Waals surface area contributed by atoms with Gasteiger partial charge in [0.1, 0.15) is 17.0 Å². The molecule has 4 N–H and O–H groups in total. The van der Waals surface area contributed by atoms with Crippen molar-refractivity contribution in [2.45, 2.75) is 90.2 Å². The van der Waals surface area contributed by atoms with Crippen LogP contribution < -0.4 is 16.0 Å². The summed E-state index contributed by atoms with van der Waals surface area (Å²) < 4.78 is 34.5. The van der Waals surface area contributed by atoms with Gasteiger partial charge in [0.15, 0.2) is 0 Å². The zero-order valence-corrected chi connectivity index (χ0v) is 22.5. The molecule has 2 aliphatic rings. The number of aliphatic hydroxyl groups is 1. The molecule has 0 radical (unpaired) electrons. The largest absolute Gasteiger partial charge is 0.444 e. The van der Waals surface area contributed by atoms with E-state index in [1.807, 2.05) is 0 Å². The molecule has 2 fully saturated rings. The number of anilines is 2. The molecule has 0 unspecified atom stereocenters. The van der Waals surface area contributed by atoms with Crippen LogP contribution in [0.15, 0.2) is 6.20 Å². The number of halogens is 2. The van der Waals surface area contributed by atoms with E-state index in [9.17, 15) is 23.5 Å². The summed E-state index contributed by atoms with van der Waals surface area (Å²) >= 11 is 0. The summed E-state index contributed by atoms with van der Waals surface area (Å²) in [7, 11) is 0. The van der Waals surface area contributed by atoms with Crippen LogP contribution in [-0.4, -0.2) is 88.6 Å². The fraction of sp³-hybridized carbons (Fsp3) is 0.760. The molecule has 3 rings (SSSR count). The topological polar surface area (TPSA) is 138 Å². The summed E-state index contributed by atoms with van der Waals surface area (Å²) in [6, 6.07) is -0.749. The van der Waals surface area contributed by atoms with E-state index >= 15 is 0 Å². The van der Waals surface area contributed by atoms with Crippen molar-refractivity contribution < 1.29 is 33.0 Å². The van der Waals surface area contributed by atoms with Gasteiger partial charge in [0, 0.05) is 37.9 Å². The maximum Gasteiger partial charge on any atom is 0.410 e. The second-order valence-corrected chi connectivity index (χ2v) is 11.0. The molecule has 38 heavy (non-hydrogen) atoms. The van der Waals surface area contributed by atoms with Crippen LogP contribution in [0, 0.1) is 5.92 Å². The highest BCUT2D eigenvalue weighted by Crippen LogP contribution is 2.25. The number of hydrogen-bond acceptors (Lipinski definition) is 9. The highest BCUT2D eigenvalue weighted by molar-refractivity contribution is 5.98. The lowest BCUT2D eigenvalue weighted by Crippen LogP contribution is -2.40. The van der Waals surface area contributed by atoms with E-state index in [0.717, 1.165) is 25.7 Å². The van der Waals surface area contributed by atoms with Gasteiger partial charge >= 0.3 is 12.7 Å². The number of rotatable bonds is 10. The molecule has 1 aromatic heterocycles. The molecule has 1 aromatic rings. The predicted octanol–water partition coefficient (Wildman–Crippen LogP) is 3.22. The molecule has 0 spiro atoms. The van der Waals surface area contributed by atoms with E-state index in [1.165, 1.54) is 6.20 Å². The minimum Gasteiger partial charge on any atom is -0.444 e. The van der Waals surface area contributed by atoms with Crippen molar-refractivity contribution in [2.24, 2.45) is 5.92 Å². The van der Waals surface area contributed by atoms with Gasteiger partial charge in [-0.1, -0.05) is 0 Å². The van der Waals surface area contributed by atoms with Crippen LogP contribution in [0.25, 0.3) is 0 Å². The number of amides is 2. The molecular formula is C25H40F2N6O5. The summed E-state index contributed by atoms with van der Waals surface area (Å²) in [5.41, 5.74) is -0.371. The van der Waals surface area contributed by atoms with Gasteiger partial charge in [-0.2, -0.15) is 13.8 Å². The predicted molar refractivity (Wildman–Crippen MR) is 137 cm³/mol. The van der Waals surface area contributed by atoms with Gasteiger partial charge < -0.3 is 35.4 Å². The zero-order valence-electron chi connectivity index (χ0n) is 22.5. The summed E-state index contributed by atoms with van der Waals surface area (Å²) in [6.07, 6.45) is 4.46. The standard InChI is InChI=1S/C25H40F2N6O5/c1-15(14-37-22(26)27)30-23-29-12-19(20(32-23)28-11-16-5-7-18(34)8-6-16)21(35)31-17-9-10-33(13-17)24(36)38-25(2,3)4/h12,15-18,22,34H,5-11,13-14H2,1-4H3,(H,31,35)(H2,28,29,30,32)/t15-,16?,17-,18?/m0/s1. The lowest BCUT2D eigenvalue weighted by molar-refractivity contribution is -0.130. The summed E-state index contributed by atoms with van der Waals surface area (Å²) in [5.74, 6) is 0.417. The van der Waals surface area contributed by atoms with Crippen LogP contribution in [-0.2, 0) is 9.47 Å². The van der Waals surface area contributed by atoms with Crippen LogP contribution in [0.4, 0.5) is 25.3 Å². The van der Waals surface area contributed by atoms with Crippen molar-refractivity contribution in [3.8, 4) is 0 Å². The fourth-order valence-electron chi connectivity index (χ4n) is 4.45. The number of nitrogens with zero attached hydrogens (tertiary/aromatic N) is 3. The van der Waals surface area contributed by atoms with Gasteiger partial charge in [-0.3, -0.25) is 4.79 Å². The van der Waals surface area contributed by atoms with Crippen LogP contribution in [0.5, 0.6) is 0 Å². The van der Waals surface area contributed by atoms with Gasteiger partial charge in [0.25, 0.3) is 5.91 Å². The third-order valence-corrected chi connectivity index (χ3v) is 6.43. The second-order valence-electron chi connectivity index (χ2n) is 11.0. The van der Waals surface area contributed by atoms with Gasteiger partial charge in [-0.25, -0.2) is 9.78 Å². The average molecular weight is 543 g/mol. The fourth-order valence-corrected chi connectivity index (χ4v) is 4.45. The van der Waals surface area contributed by atoms with Crippen molar-refractivity contribution in [1.29, 1.82) is 0 Å². The number of aromatic nitrogens is 2. The summed E-state index contributed by atoms with van der Waals surface area (Å²) in [5, 5.41) is 18.9. The molecule has 11 nitrogen and oxygen atoms in total. The number of ether oxygens (including phenoxy) is 2. The lowest BCUT2D eigenvalue weighted by atomic mass is 9.87. The number of carbonyl (C=O) groups is 2. The third kappa shape index (κ3) is 9.50. The first-order chi connectivity index (χ1) is 17.9. The van der Waals surface area contributed by atoms with Gasteiger partial charge in [-0.05, 0) is 65.7 Å². The Balaban J connectivity index is 1.66. The van der Waals surface area contributed by atoms with E-state index in [0.29, 0.717) is 37.8 Å². The highest BCUT2D eigenvalue weighted by Gasteiger charge is 2.31. The number of alkyl halides is 2. The Kier molecular flexibility index (Phi) is 10.4. The van der Waals surface area contributed by atoms with E-state index in [-0.39, 0.29) is 36.2 Å². The van der Waals surface area contributed by atoms with Crippen LogP contribution >= 0.6 is 0 Å². The van der Waals surface area contributed by atoms with Crippen LogP contribution in [0.1, 0.15) is 70.2 Å². The molecule has 2 heterocycles. The Hall–Kier alpha value is -2.80. The first-order valence-electron chi connectivity index (χ1n) is 13.1. The molecule has 0 aromatic carbocycles. The Morgan fingerprint density at radius 2 is 1.92 bits per heavy atom. The number of carbonyl (C=O) groups excluding carboxylic acids is 2.